The van der Waals surface area contributed by atoms with Gasteiger partial charge in [-0.05, 0) is 66.8 Å². The predicted molar refractivity (Wildman–Crippen MR) is 91.1 cm³/mol. The van der Waals surface area contributed by atoms with E-state index < -0.39 is 0 Å². The number of nitrogens with one attached hydrogen (secondary N) is 1. The van der Waals surface area contributed by atoms with Crippen LogP contribution in [0.4, 0.5) is 5.69 Å². The number of fused-ring (bicyclic) bond motifs is 1. The molecule has 2 aromatic carbocycles. The van der Waals surface area contributed by atoms with E-state index in [1.54, 1.807) is 0 Å². The van der Waals surface area contributed by atoms with Crippen LogP contribution in [0.25, 0.3) is 0 Å². The first-order chi connectivity index (χ1) is 10.3. The van der Waals surface area contributed by atoms with Crippen molar-refractivity contribution in [1.82, 2.24) is 0 Å². The standard InChI is InChI=1S/C18H20BrNO/c1-2-11-21-16-7-5-15(6-8-16)20-18-10-3-13-12-14(19)4-9-17(13)18/h4-9,12,18,20H,2-3,10-11H2,1H3. The molecule has 0 aliphatic heterocycles. The van der Waals surface area contributed by atoms with E-state index >= 15 is 0 Å². The van der Waals surface area contributed by atoms with Crippen LogP contribution in [0.1, 0.15) is 36.9 Å². The van der Waals surface area contributed by atoms with Crippen molar-refractivity contribution in [3.63, 3.8) is 0 Å². The highest BCUT2D eigenvalue weighted by atomic mass is 79.9. The molecule has 0 spiro atoms. The zero-order valence-electron chi connectivity index (χ0n) is 12.2. The molecule has 0 radical (unpaired) electrons. The molecule has 1 atom stereocenters. The first kappa shape index (κ1) is 14.5. The summed E-state index contributed by atoms with van der Waals surface area (Å²) in [6.45, 7) is 2.89. The Labute approximate surface area is 134 Å². The van der Waals surface area contributed by atoms with Gasteiger partial charge in [0.05, 0.1) is 12.6 Å². The SMILES string of the molecule is CCCOc1ccc(NC2CCc3cc(Br)ccc32)cc1. The number of hydrogen-bond acceptors (Lipinski definition) is 2. The van der Waals surface area contributed by atoms with Gasteiger partial charge in [-0.3, -0.25) is 0 Å². The number of anilines is 1. The Hall–Kier alpha value is -1.48. The molecule has 3 heteroatoms. The number of benzene rings is 2. The van der Waals surface area contributed by atoms with Gasteiger partial charge >= 0.3 is 0 Å². The first-order valence-corrected chi connectivity index (χ1v) is 8.33. The molecule has 1 N–H and O–H groups in total. The lowest BCUT2D eigenvalue weighted by molar-refractivity contribution is 0.317. The average Bonchev–Trinajstić information content (AvgIpc) is 2.88. The molecular weight excluding hydrogens is 326 g/mol. The molecule has 2 aromatic rings. The molecule has 1 unspecified atom stereocenters. The van der Waals surface area contributed by atoms with Crippen LogP contribution in [0.5, 0.6) is 5.75 Å². The van der Waals surface area contributed by atoms with Crippen LogP contribution in [0, 0.1) is 0 Å². The summed E-state index contributed by atoms with van der Waals surface area (Å²) >= 11 is 3.55. The fourth-order valence-electron chi connectivity index (χ4n) is 2.80. The molecular formula is C18H20BrNO. The van der Waals surface area contributed by atoms with Crippen LogP contribution >= 0.6 is 15.9 Å². The summed E-state index contributed by atoms with van der Waals surface area (Å²) in [6, 6.07) is 15.3. The summed E-state index contributed by atoms with van der Waals surface area (Å²) in [6.07, 6.45) is 3.33. The van der Waals surface area contributed by atoms with Gasteiger partial charge in [0.2, 0.25) is 0 Å². The van der Waals surface area contributed by atoms with Crippen molar-refractivity contribution in [3.05, 3.63) is 58.1 Å². The van der Waals surface area contributed by atoms with Crippen molar-refractivity contribution in [2.75, 3.05) is 11.9 Å². The predicted octanol–water partition coefficient (Wildman–Crippen LogP) is 5.34. The van der Waals surface area contributed by atoms with Gasteiger partial charge in [0, 0.05) is 10.2 Å². The highest BCUT2D eigenvalue weighted by molar-refractivity contribution is 9.10. The molecule has 3 rings (SSSR count). The van der Waals surface area contributed by atoms with Crippen LogP contribution in [-0.2, 0) is 6.42 Å². The van der Waals surface area contributed by atoms with Crippen LogP contribution in [-0.4, -0.2) is 6.61 Å². The number of rotatable bonds is 5. The van der Waals surface area contributed by atoms with Gasteiger partial charge in [-0.25, -0.2) is 0 Å². The summed E-state index contributed by atoms with van der Waals surface area (Å²) in [5.74, 6) is 0.943. The third-order valence-corrected chi connectivity index (χ3v) is 4.34. The molecule has 0 amide bonds. The lowest BCUT2D eigenvalue weighted by Crippen LogP contribution is -2.07. The molecule has 110 valence electrons. The van der Waals surface area contributed by atoms with E-state index in [1.807, 2.05) is 12.1 Å². The Morgan fingerprint density at radius 1 is 1.19 bits per heavy atom. The average molecular weight is 346 g/mol. The Morgan fingerprint density at radius 3 is 2.76 bits per heavy atom. The second-order valence-electron chi connectivity index (χ2n) is 5.45. The van der Waals surface area contributed by atoms with Crippen molar-refractivity contribution in [2.45, 2.75) is 32.2 Å². The summed E-state index contributed by atoms with van der Waals surface area (Å²) in [4.78, 5) is 0. The maximum Gasteiger partial charge on any atom is 0.119 e. The topological polar surface area (TPSA) is 21.3 Å². The number of halogens is 1. The molecule has 0 fully saturated rings. The third-order valence-electron chi connectivity index (χ3n) is 3.85. The van der Waals surface area contributed by atoms with E-state index in [9.17, 15) is 0 Å². The molecule has 1 aliphatic rings. The quantitative estimate of drug-likeness (QED) is 0.789. The van der Waals surface area contributed by atoms with Gasteiger partial charge < -0.3 is 10.1 Å². The van der Waals surface area contributed by atoms with E-state index in [4.69, 9.17) is 4.74 Å². The minimum Gasteiger partial charge on any atom is -0.494 e. The molecule has 0 saturated heterocycles. The fraction of sp³-hybridized carbons (Fsp3) is 0.333. The van der Waals surface area contributed by atoms with Crippen LogP contribution in [0.2, 0.25) is 0 Å². The number of hydrogen-bond donors (Lipinski definition) is 1. The second-order valence-corrected chi connectivity index (χ2v) is 6.37. The van der Waals surface area contributed by atoms with E-state index in [-0.39, 0.29) is 0 Å². The molecule has 0 bridgehead atoms. The van der Waals surface area contributed by atoms with Gasteiger partial charge in [0.15, 0.2) is 0 Å². The largest absolute Gasteiger partial charge is 0.494 e. The maximum absolute atomic E-state index is 5.62. The van der Waals surface area contributed by atoms with Gasteiger partial charge in [-0.2, -0.15) is 0 Å². The molecule has 0 heterocycles. The Morgan fingerprint density at radius 2 is 2.00 bits per heavy atom. The van der Waals surface area contributed by atoms with Crippen molar-refractivity contribution in [3.8, 4) is 5.75 Å². The van der Waals surface area contributed by atoms with Crippen molar-refractivity contribution in [1.29, 1.82) is 0 Å². The number of ether oxygens (including phenoxy) is 1. The van der Waals surface area contributed by atoms with Crippen LogP contribution in [0.3, 0.4) is 0 Å². The molecule has 1 aliphatic carbocycles. The Bertz CT molecular complexity index is 609. The van der Waals surface area contributed by atoms with E-state index in [2.05, 4.69) is 58.5 Å². The first-order valence-electron chi connectivity index (χ1n) is 7.54. The highest BCUT2D eigenvalue weighted by Crippen LogP contribution is 2.35. The molecule has 2 nitrogen and oxygen atoms in total. The summed E-state index contributed by atoms with van der Waals surface area (Å²) in [7, 11) is 0. The second kappa shape index (κ2) is 6.52. The van der Waals surface area contributed by atoms with Crippen molar-refractivity contribution >= 4 is 21.6 Å². The highest BCUT2D eigenvalue weighted by Gasteiger charge is 2.22. The summed E-state index contributed by atoms with van der Waals surface area (Å²) < 4.78 is 6.78. The molecule has 0 saturated carbocycles. The number of aryl methyl sites for hydroxylation is 1. The van der Waals surface area contributed by atoms with E-state index in [1.165, 1.54) is 15.6 Å². The van der Waals surface area contributed by atoms with Crippen molar-refractivity contribution in [2.24, 2.45) is 0 Å². The summed E-state index contributed by atoms with van der Waals surface area (Å²) in [5, 5.41) is 3.63. The van der Waals surface area contributed by atoms with E-state index in [0.717, 1.165) is 37.3 Å². The Kier molecular flexibility index (Phi) is 4.49. The lowest BCUT2D eigenvalue weighted by Gasteiger charge is -2.16. The van der Waals surface area contributed by atoms with E-state index in [0.29, 0.717) is 6.04 Å². The van der Waals surface area contributed by atoms with Crippen LogP contribution in [0.15, 0.2) is 46.9 Å². The normalized spacial score (nSPS) is 16.6. The van der Waals surface area contributed by atoms with Crippen LogP contribution < -0.4 is 10.1 Å². The monoisotopic (exact) mass is 345 g/mol. The minimum atomic E-state index is 0.413. The third kappa shape index (κ3) is 3.41. The molecule has 0 aromatic heterocycles. The zero-order valence-corrected chi connectivity index (χ0v) is 13.8. The minimum absolute atomic E-state index is 0.413. The fourth-order valence-corrected chi connectivity index (χ4v) is 3.21. The lowest BCUT2D eigenvalue weighted by atomic mass is 10.1. The van der Waals surface area contributed by atoms with Gasteiger partial charge in [0.25, 0.3) is 0 Å². The molecule has 21 heavy (non-hydrogen) atoms. The Balaban J connectivity index is 1.68. The smallest absolute Gasteiger partial charge is 0.119 e. The van der Waals surface area contributed by atoms with Gasteiger partial charge in [0.1, 0.15) is 5.75 Å². The van der Waals surface area contributed by atoms with Gasteiger partial charge in [-0.15, -0.1) is 0 Å². The maximum atomic E-state index is 5.62. The zero-order chi connectivity index (χ0) is 14.7. The van der Waals surface area contributed by atoms with Crippen molar-refractivity contribution < 1.29 is 4.74 Å². The summed E-state index contributed by atoms with van der Waals surface area (Å²) in [5.41, 5.74) is 4.02. The van der Waals surface area contributed by atoms with Gasteiger partial charge in [-0.1, -0.05) is 28.9 Å².